The van der Waals surface area contributed by atoms with Crippen molar-refractivity contribution >= 4 is 11.9 Å². The van der Waals surface area contributed by atoms with Crippen molar-refractivity contribution in [2.24, 2.45) is 16.6 Å². The van der Waals surface area contributed by atoms with Gasteiger partial charge in [0.05, 0.1) is 13.5 Å². The Labute approximate surface area is 84.7 Å². The molecule has 3 N–H and O–H groups in total. The molecule has 0 aliphatic carbocycles. The average Bonchev–Trinajstić information content (AvgIpc) is 2.14. The SMILES string of the molecule is COC(=O)CCNC(N)=NCC(C)C. The molecule has 0 aromatic carbocycles. The molecule has 0 spiro atoms. The fourth-order valence-corrected chi connectivity index (χ4v) is 0.732. The molecule has 0 saturated heterocycles. The molecular formula is C9H19N3O2. The Kier molecular flexibility index (Phi) is 6.53. The first-order valence-corrected chi connectivity index (χ1v) is 4.67. The van der Waals surface area contributed by atoms with Gasteiger partial charge in [-0.15, -0.1) is 0 Å². The monoisotopic (exact) mass is 201 g/mol. The predicted molar refractivity (Wildman–Crippen MR) is 56.0 cm³/mol. The summed E-state index contributed by atoms with van der Waals surface area (Å²) in [5, 5.41) is 2.83. The Morgan fingerprint density at radius 2 is 2.21 bits per heavy atom. The molecule has 0 unspecified atom stereocenters. The van der Waals surface area contributed by atoms with E-state index in [2.05, 4.69) is 28.9 Å². The van der Waals surface area contributed by atoms with Gasteiger partial charge in [0.25, 0.3) is 0 Å². The summed E-state index contributed by atoms with van der Waals surface area (Å²) in [5.74, 6) is 0.604. The number of methoxy groups -OCH3 is 1. The van der Waals surface area contributed by atoms with Gasteiger partial charge >= 0.3 is 5.97 Å². The van der Waals surface area contributed by atoms with Crippen molar-refractivity contribution in [3.05, 3.63) is 0 Å². The quantitative estimate of drug-likeness (QED) is 0.376. The van der Waals surface area contributed by atoms with Crippen molar-refractivity contribution in [2.75, 3.05) is 20.2 Å². The summed E-state index contributed by atoms with van der Waals surface area (Å²) in [6, 6.07) is 0. The Morgan fingerprint density at radius 3 is 2.71 bits per heavy atom. The summed E-state index contributed by atoms with van der Waals surface area (Å²) in [7, 11) is 1.36. The van der Waals surface area contributed by atoms with Crippen molar-refractivity contribution < 1.29 is 9.53 Å². The lowest BCUT2D eigenvalue weighted by Crippen LogP contribution is -2.33. The van der Waals surface area contributed by atoms with Gasteiger partial charge in [0, 0.05) is 13.1 Å². The van der Waals surface area contributed by atoms with Crippen LogP contribution in [0.5, 0.6) is 0 Å². The van der Waals surface area contributed by atoms with Crippen molar-refractivity contribution in [1.82, 2.24) is 5.32 Å². The molecule has 0 rings (SSSR count). The number of carbonyl (C=O) groups excluding carboxylic acids is 1. The Morgan fingerprint density at radius 1 is 1.57 bits per heavy atom. The summed E-state index contributed by atoms with van der Waals surface area (Å²) in [4.78, 5) is 14.8. The van der Waals surface area contributed by atoms with Crippen LogP contribution in [0.1, 0.15) is 20.3 Å². The average molecular weight is 201 g/mol. The van der Waals surface area contributed by atoms with Gasteiger partial charge in [-0.3, -0.25) is 9.79 Å². The number of nitrogens with two attached hydrogens (primary N) is 1. The third kappa shape index (κ3) is 7.39. The van der Waals surface area contributed by atoms with Crippen LogP contribution in [0.4, 0.5) is 0 Å². The molecule has 82 valence electrons. The zero-order valence-corrected chi connectivity index (χ0v) is 9.04. The fourth-order valence-electron chi connectivity index (χ4n) is 0.732. The van der Waals surface area contributed by atoms with Crippen molar-refractivity contribution in [3.8, 4) is 0 Å². The van der Waals surface area contributed by atoms with Crippen LogP contribution >= 0.6 is 0 Å². The van der Waals surface area contributed by atoms with E-state index in [9.17, 15) is 4.79 Å². The van der Waals surface area contributed by atoms with E-state index < -0.39 is 0 Å². The van der Waals surface area contributed by atoms with Crippen LogP contribution in [0.25, 0.3) is 0 Å². The molecule has 5 nitrogen and oxygen atoms in total. The first kappa shape index (κ1) is 12.7. The van der Waals surface area contributed by atoms with E-state index in [1.807, 2.05) is 0 Å². The number of ether oxygens (including phenoxy) is 1. The van der Waals surface area contributed by atoms with Gasteiger partial charge in [0.2, 0.25) is 0 Å². The van der Waals surface area contributed by atoms with Gasteiger partial charge in [0.15, 0.2) is 5.96 Å². The third-order valence-corrected chi connectivity index (χ3v) is 1.49. The molecule has 5 heteroatoms. The first-order chi connectivity index (χ1) is 6.56. The van der Waals surface area contributed by atoms with Crippen LogP contribution in [-0.4, -0.2) is 32.1 Å². The van der Waals surface area contributed by atoms with E-state index in [0.717, 1.165) is 0 Å². The molecule has 0 heterocycles. The van der Waals surface area contributed by atoms with Crippen LogP contribution < -0.4 is 11.1 Å². The normalized spacial score (nSPS) is 11.6. The molecule has 0 fully saturated rings. The maximum Gasteiger partial charge on any atom is 0.307 e. The van der Waals surface area contributed by atoms with Crippen molar-refractivity contribution in [3.63, 3.8) is 0 Å². The molecule has 14 heavy (non-hydrogen) atoms. The second kappa shape index (κ2) is 7.17. The second-order valence-electron chi connectivity index (χ2n) is 3.37. The number of guanidine groups is 1. The number of esters is 1. The third-order valence-electron chi connectivity index (χ3n) is 1.49. The number of nitrogens with zero attached hydrogens (tertiary/aromatic N) is 1. The molecule has 0 radical (unpaired) electrons. The Hall–Kier alpha value is -1.26. The number of carbonyl (C=O) groups is 1. The Bertz CT molecular complexity index is 202. The topological polar surface area (TPSA) is 76.7 Å². The number of hydrogen-bond donors (Lipinski definition) is 2. The van der Waals surface area contributed by atoms with E-state index in [4.69, 9.17) is 5.73 Å². The largest absolute Gasteiger partial charge is 0.469 e. The molecule has 0 amide bonds. The number of rotatable bonds is 5. The highest BCUT2D eigenvalue weighted by Gasteiger charge is 1.99. The summed E-state index contributed by atoms with van der Waals surface area (Å²) >= 11 is 0. The standard InChI is InChI=1S/C9H19N3O2/c1-7(2)6-12-9(10)11-5-4-8(13)14-3/h7H,4-6H2,1-3H3,(H3,10,11,12). The lowest BCUT2D eigenvalue weighted by Gasteiger charge is -2.05. The molecule has 0 bridgehead atoms. The first-order valence-electron chi connectivity index (χ1n) is 4.67. The lowest BCUT2D eigenvalue weighted by molar-refractivity contribution is -0.140. The van der Waals surface area contributed by atoms with Crippen LogP contribution in [-0.2, 0) is 9.53 Å². The van der Waals surface area contributed by atoms with Crippen LogP contribution in [0, 0.1) is 5.92 Å². The maximum atomic E-state index is 10.7. The molecule has 0 aliphatic rings. The van der Waals surface area contributed by atoms with Crippen molar-refractivity contribution in [1.29, 1.82) is 0 Å². The Balaban J connectivity index is 3.57. The van der Waals surface area contributed by atoms with Crippen LogP contribution in [0.3, 0.4) is 0 Å². The summed E-state index contributed by atoms with van der Waals surface area (Å²) < 4.78 is 4.47. The van der Waals surface area contributed by atoms with E-state index in [0.29, 0.717) is 31.4 Å². The van der Waals surface area contributed by atoms with Gasteiger partial charge in [-0.2, -0.15) is 0 Å². The molecule has 0 aromatic rings. The zero-order chi connectivity index (χ0) is 11.0. The van der Waals surface area contributed by atoms with Crippen LogP contribution in [0.2, 0.25) is 0 Å². The second-order valence-corrected chi connectivity index (χ2v) is 3.37. The summed E-state index contributed by atoms with van der Waals surface area (Å²) in [5.41, 5.74) is 5.54. The van der Waals surface area contributed by atoms with E-state index in [1.54, 1.807) is 0 Å². The van der Waals surface area contributed by atoms with E-state index in [1.165, 1.54) is 7.11 Å². The predicted octanol–water partition coefficient (Wildman–Crippen LogP) is 0.110. The van der Waals surface area contributed by atoms with Crippen molar-refractivity contribution in [2.45, 2.75) is 20.3 Å². The highest BCUT2D eigenvalue weighted by Crippen LogP contribution is 1.90. The molecule has 0 aromatic heterocycles. The van der Waals surface area contributed by atoms with Gasteiger partial charge in [-0.25, -0.2) is 0 Å². The lowest BCUT2D eigenvalue weighted by atomic mass is 10.2. The van der Waals surface area contributed by atoms with Crippen LogP contribution in [0.15, 0.2) is 4.99 Å². The zero-order valence-electron chi connectivity index (χ0n) is 9.04. The van der Waals surface area contributed by atoms with Gasteiger partial charge in [-0.05, 0) is 5.92 Å². The summed E-state index contributed by atoms with van der Waals surface area (Å²) in [6.45, 7) is 5.27. The van der Waals surface area contributed by atoms with E-state index >= 15 is 0 Å². The number of nitrogens with one attached hydrogen (secondary N) is 1. The minimum absolute atomic E-state index is 0.255. The van der Waals surface area contributed by atoms with E-state index in [-0.39, 0.29) is 5.97 Å². The maximum absolute atomic E-state index is 10.7. The minimum Gasteiger partial charge on any atom is -0.469 e. The molecule has 0 aliphatic heterocycles. The highest BCUT2D eigenvalue weighted by atomic mass is 16.5. The number of aliphatic imine (C=N–C) groups is 1. The molecular weight excluding hydrogens is 182 g/mol. The van der Waals surface area contributed by atoms with Gasteiger partial charge in [-0.1, -0.05) is 13.8 Å². The minimum atomic E-state index is -0.255. The molecule has 0 saturated carbocycles. The van der Waals surface area contributed by atoms with Gasteiger partial charge < -0.3 is 15.8 Å². The summed E-state index contributed by atoms with van der Waals surface area (Å²) in [6.07, 6.45) is 0.300. The van der Waals surface area contributed by atoms with Gasteiger partial charge in [0.1, 0.15) is 0 Å². The number of hydrogen-bond acceptors (Lipinski definition) is 3. The smallest absolute Gasteiger partial charge is 0.307 e. The fraction of sp³-hybridized carbons (Fsp3) is 0.778. The highest BCUT2D eigenvalue weighted by molar-refractivity contribution is 5.78. The molecule has 0 atom stereocenters.